The van der Waals surface area contributed by atoms with Crippen LogP contribution in [0.15, 0.2) is 41.4 Å². The van der Waals surface area contributed by atoms with Gasteiger partial charge in [0.15, 0.2) is 5.82 Å². The average molecular weight is 495 g/mol. The summed E-state index contributed by atoms with van der Waals surface area (Å²) < 4.78 is 36.3. The van der Waals surface area contributed by atoms with E-state index in [0.29, 0.717) is 30.4 Å². The third-order valence-corrected chi connectivity index (χ3v) is 8.02. The summed E-state index contributed by atoms with van der Waals surface area (Å²) in [6.07, 6.45) is 4.98. The topological polar surface area (TPSA) is 125 Å². The van der Waals surface area contributed by atoms with Crippen molar-refractivity contribution in [2.45, 2.75) is 44.6 Å². The molecule has 184 valence electrons. The van der Waals surface area contributed by atoms with Crippen LogP contribution in [0.1, 0.15) is 29.9 Å². The predicted molar refractivity (Wildman–Crippen MR) is 136 cm³/mol. The molecule has 0 unspecified atom stereocenters. The normalized spacial score (nSPS) is 14.2. The Morgan fingerprint density at radius 1 is 1.11 bits per heavy atom. The number of para-hydroxylation sites is 1. The fourth-order valence-electron chi connectivity index (χ4n) is 4.40. The van der Waals surface area contributed by atoms with Crippen LogP contribution >= 0.6 is 0 Å². The first-order valence-corrected chi connectivity index (χ1v) is 13.4. The molecule has 1 aliphatic rings. The summed E-state index contributed by atoms with van der Waals surface area (Å²) in [5.41, 5.74) is 10.4. The molecular weight excluding hydrogens is 464 g/mol. The van der Waals surface area contributed by atoms with Crippen LogP contribution < -0.4 is 10.5 Å². The van der Waals surface area contributed by atoms with Gasteiger partial charge in [-0.3, -0.25) is 4.98 Å². The van der Waals surface area contributed by atoms with Gasteiger partial charge in [0.05, 0.1) is 24.2 Å². The van der Waals surface area contributed by atoms with Crippen molar-refractivity contribution in [2.24, 2.45) is 5.92 Å². The van der Waals surface area contributed by atoms with Gasteiger partial charge in [-0.25, -0.2) is 23.1 Å². The fraction of sp³-hybridized carbons (Fsp3) is 0.400. The van der Waals surface area contributed by atoms with Gasteiger partial charge in [0.1, 0.15) is 16.2 Å². The molecule has 5 rings (SSSR count). The summed E-state index contributed by atoms with van der Waals surface area (Å²) in [6, 6.07) is 8.75. The lowest BCUT2D eigenvalue weighted by atomic mass is 10.2. The second kappa shape index (κ2) is 9.52. The van der Waals surface area contributed by atoms with E-state index >= 15 is 0 Å². The van der Waals surface area contributed by atoms with Crippen molar-refractivity contribution in [1.29, 1.82) is 0 Å². The summed E-state index contributed by atoms with van der Waals surface area (Å²) in [4.78, 5) is 13.7. The third-order valence-electron chi connectivity index (χ3n) is 6.53. The van der Waals surface area contributed by atoms with Crippen LogP contribution in [0.3, 0.4) is 0 Å². The number of pyridine rings is 2. The second-order valence-corrected chi connectivity index (χ2v) is 10.8. The van der Waals surface area contributed by atoms with E-state index in [1.54, 1.807) is 24.4 Å². The number of nitrogens with zero attached hydrogens (tertiary/aromatic N) is 4. The van der Waals surface area contributed by atoms with Crippen LogP contribution in [0.25, 0.3) is 21.9 Å². The molecule has 4 aromatic rings. The molecule has 0 amide bonds. The highest BCUT2D eigenvalue weighted by Gasteiger charge is 2.26. The highest BCUT2D eigenvalue weighted by Crippen LogP contribution is 2.34. The molecule has 0 atom stereocenters. The Bertz CT molecular complexity index is 1490. The highest BCUT2D eigenvalue weighted by molar-refractivity contribution is 7.89. The highest BCUT2D eigenvalue weighted by atomic mass is 32.2. The predicted octanol–water partition coefficient (Wildman–Crippen LogP) is 3.13. The average Bonchev–Trinajstić information content (AvgIpc) is 3.58. The Morgan fingerprint density at radius 3 is 2.71 bits per heavy atom. The molecule has 0 bridgehead atoms. The molecular formula is C25H30N6O3S. The summed E-state index contributed by atoms with van der Waals surface area (Å²) in [7, 11) is -3.70. The third kappa shape index (κ3) is 4.86. The van der Waals surface area contributed by atoms with Crippen molar-refractivity contribution in [3.8, 4) is 0 Å². The molecule has 0 saturated heterocycles. The number of sulfonamides is 1. The molecule has 1 aromatic carbocycles. The number of benzene rings is 1. The van der Waals surface area contributed by atoms with Crippen LogP contribution in [-0.4, -0.2) is 47.7 Å². The second-order valence-electron chi connectivity index (χ2n) is 9.07. The van der Waals surface area contributed by atoms with E-state index in [4.69, 9.17) is 15.5 Å². The number of nitrogens with two attached hydrogens (primary N) is 1. The molecule has 0 radical (unpaired) electrons. The smallest absolute Gasteiger partial charge is 0.242 e. The molecule has 3 aromatic heterocycles. The fourth-order valence-corrected chi connectivity index (χ4v) is 5.59. The van der Waals surface area contributed by atoms with E-state index in [9.17, 15) is 8.42 Å². The zero-order chi connectivity index (χ0) is 24.6. The number of anilines is 1. The molecule has 10 heteroatoms. The van der Waals surface area contributed by atoms with Gasteiger partial charge in [-0.1, -0.05) is 18.2 Å². The van der Waals surface area contributed by atoms with E-state index in [1.807, 2.05) is 26.0 Å². The number of rotatable bonds is 10. The van der Waals surface area contributed by atoms with Gasteiger partial charge < -0.3 is 15.0 Å². The standard InChI is InChI=1S/C25H30N6O3S/c1-16-17(2)29-25(26)23-24(16)31(21(30-23)15-18-8-9-18)12-14-34-13-11-28-35(32,33)20-7-3-5-19-6-4-10-27-22(19)20/h3-7,10,18,28H,8-9,11-15H2,1-2H3,(H2,26,29). The maximum absolute atomic E-state index is 12.8. The minimum atomic E-state index is -3.70. The Hall–Kier alpha value is -3.08. The van der Waals surface area contributed by atoms with Crippen molar-refractivity contribution in [3.63, 3.8) is 0 Å². The lowest BCUT2D eigenvalue weighted by molar-refractivity contribution is 0.131. The van der Waals surface area contributed by atoms with Gasteiger partial charge in [0.2, 0.25) is 10.0 Å². The van der Waals surface area contributed by atoms with E-state index < -0.39 is 10.0 Å². The molecule has 0 spiro atoms. The molecule has 1 fully saturated rings. The first-order chi connectivity index (χ1) is 16.8. The number of aryl methyl sites for hydroxylation is 2. The lowest BCUT2D eigenvalue weighted by Gasteiger charge is -2.13. The first kappa shape index (κ1) is 23.7. The maximum Gasteiger partial charge on any atom is 0.242 e. The Balaban J connectivity index is 1.23. The number of fused-ring (bicyclic) bond motifs is 2. The monoisotopic (exact) mass is 494 g/mol. The Kier molecular flexibility index (Phi) is 6.43. The van der Waals surface area contributed by atoms with Crippen molar-refractivity contribution in [3.05, 3.63) is 53.6 Å². The summed E-state index contributed by atoms with van der Waals surface area (Å²) >= 11 is 0. The van der Waals surface area contributed by atoms with E-state index in [-0.39, 0.29) is 18.0 Å². The quantitative estimate of drug-likeness (QED) is 0.325. The van der Waals surface area contributed by atoms with Gasteiger partial charge in [-0.15, -0.1) is 0 Å². The van der Waals surface area contributed by atoms with Crippen LogP contribution in [0.2, 0.25) is 0 Å². The number of imidazole rings is 1. The Morgan fingerprint density at radius 2 is 1.91 bits per heavy atom. The number of aromatic nitrogens is 4. The van der Waals surface area contributed by atoms with Gasteiger partial charge in [0, 0.05) is 36.8 Å². The number of hydrogen-bond donors (Lipinski definition) is 2. The molecule has 3 heterocycles. The zero-order valence-electron chi connectivity index (χ0n) is 20.0. The van der Waals surface area contributed by atoms with Crippen molar-refractivity contribution in [1.82, 2.24) is 24.2 Å². The molecule has 9 nitrogen and oxygen atoms in total. The number of hydrogen-bond acceptors (Lipinski definition) is 7. The van der Waals surface area contributed by atoms with Crippen LogP contribution in [0.5, 0.6) is 0 Å². The lowest BCUT2D eigenvalue weighted by Crippen LogP contribution is -2.28. The van der Waals surface area contributed by atoms with Crippen molar-refractivity contribution < 1.29 is 13.2 Å². The zero-order valence-corrected chi connectivity index (χ0v) is 20.8. The minimum Gasteiger partial charge on any atom is -0.382 e. The van der Waals surface area contributed by atoms with Crippen molar-refractivity contribution in [2.75, 3.05) is 25.5 Å². The maximum atomic E-state index is 12.8. The van der Waals surface area contributed by atoms with E-state index in [1.165, 1.54) is 12.8 Å². The number of ether oxygens (including phenoxy) is 1. The van der Waals surface area contributed by atoms with Crippen LogP contribution in [0.4, 0.5) is 5.82 Å². The SMILES string of the molecule is Cc1nc(N)c2nc(CC3CC3)n(CCOCCNS(=O)(=O)c3cccc4cccnc34)c2c1C. The van der Waals surface area contributed by atoms with Gasteiger partial charge >= 0.3 is 0 Å². The minimum absolute atomic E-state index is 0.167. The summed E-state index contributed by atoms with van der Waals surface area (Å²) in [5.74, 6) is 2.15. The number of nitrogen functional groups attached to an aromatic ring is 1. The van der Waals surface area contributed by atoms with Crippen LogP contribution in [0, 0.1) is 19.8 Å². The first-order valence-electron chi connectivity index (χ1n) is 11.9. The van der Waals surface area contributed by atoms with Gasteiger partial charge in [-0.2, -0.15) is 0 Å². The van der Waals surface area contributed by atoms with Crippen LogP contribution in [-0.2, 0) is 27.7 Å². The molecule has 1 saturated carbocycles. The largest absolute Gasteiger partial charge is 0.382 e. The summed E-state index contributed by atoms with van der Waals surface area (Å²) in [5, 5.41) is 0.780. The molecule has 0 aliphatic heterocycles. The molecule has 1 aliphatic carbocycles. The van der Waals surface area contributed by atoms with Crippen molar-refractivity contribution >= 4 is 37.8 Å². The molecule has 35 heavy (non-hydrogen) atoms. The van der Waals surface area contributed by atoms with Gasteiger partial charge in [-0.05, 0) is 50.3 Å². The summed E-state index contributed by atoms with van der Waals surface area (Å²) in [6.45, 7) is 5.46. The number of nitrogens with one attached hydrogen (secondary N) is 1. The Labute approximate surface area is 204 Å². The van der Waals surface area contributed by atoms with Gasteiger partial charge in [0.25, 0.3) is 0 Å². The van der Waals surface area contributed by atoms with E-state index in [2.05, 4.69) is 19.3 Å². The van der Waals surface area contributed by atoms with E-state index in [0.717, 1.165) is 39.9 Å². The molecule has 3 N–H and O–H groups in total.